The van der Waals surface area contributed by atoms with Gasteiger partial charge in [-0.1, -0.05) is 48.5 Å². The van der Waals surface area contributed by atoms with E-state index in [-0.39, 0.29) is 12.3 Å². The molecule has 3 N–H and O–H groups in total. The van der Waals surface area contributed by atoms with Crippen molar-refractivity contribution < 1.29 is 18.7 Å². The summed E-state index contributed by atoms with van der Waals surface area (Å²) in [4.78, 5) is 38.0. The molecular formula is C27H22N2O5. The smallest absolute Gasteiger partial charge is 0.336 e. The fourth-order valence-electron chi connectivity index (χ4n) is 4.64. The number of hydrogen-bond donors (Lipinski definition) is 2. The van der Waals surface area contributed by atoms with Gasteiger partial charge < -0.3 is 20.2 Å². The van der Waals surface area contributed by atoms with Gasteiger partial charge in [0.15, 0.2) is 0 Å². The molecule has 170 valence electrons. The summed E-state index contributed by atoms with van der Waals surface area (Å²) in [5.41, 5.74) is 9.73. The van der Waals surface area contributed by atoms with E-state index in [1.807, 2.05) is 48.5 Å². The number of primary amides is 1. The second kappa shape index (κ2) is 8.51. The lowest BCUT2D eigenvalue weighted by atomic mass is 9.95. The van der Waals surface area contributed by atoms with E-state index < -0.39 is 23.5 Å². The SMILES string of the molecule is COc1ccc2c(C[C@@H](NC(=O)C3c4ccccc4-c4ccccc43)C(N)=O)cc(=O)oc2c1. The summed E-state index contributed by atoms with van der Waals surface area (Å²) >= 11 is 0. The van der Waals surface area contributed by atoms with Gasteiger partial charge in [0, 0.05) is 23.9 Å². The third-order valence-corrected chi connectivity index (χ3v) is 6.22. The first-order valence-corrected chi connectivity index (χ1v) is 10.8. The molecule has 4 aromatic rings. The molecule has 1 heterocycles. The summed E-state index contributed by atoms with van der Waals surface area (Å²) in [5.74, 6) is -1.04. The minimum atomic E-state index is -1.01. The molecule has 2 amide bonds. The molecule has 0 radical (unpaired) electrons. The molecule has 0 aliphatic heterocycles. The topological polar surface area (TPSA) is 112 Å². The third-order valence-electron chi connectivity index (χ3n) is 6.22. The van der Waals surface area contributed by atoms with Crippen LogP contribution in [0.4, 0.5) is 0 Å². The van der Waals surface area contributed by atoms with E-state index in [9.17, 15) is 14.4 Å². The summed E-state index contributed by atoms with van der Waals surface area (Å²) < 4.78 is 10.5. The Morgan fingerprint density at radius 2 is 1.65 bits per heavy atom. The van der Waals surface area contributed by atoms with E-state index in [0.717, 1.165) is 22.3 Å². The van der Waals surface area contributed by atoms with Crippen LogP contribution in [-0.2, 0) is 16.0 Å². The van der Waals surface area contributed by atoms with Crippen LogP contribution in [-0.4, -0.2) is 25.0 Å². The summed E-state index contributed by atoms with van der Waals surface area (Å²) in [6, 6.07) is 20.8. The van der Waals surface area contributed by atoms with Crippen molar-refractivity contribution in [3.05, 3.63) is 99.9 Å². The van der Waals surface area contributed by atoms with E-state index in [2.05, 4.69) is 5.32 Å². The zero-order valence-corrected chi connectivity index (χ0v) is 18.4. The lowest BCUT2D eigenvalue weighted by Crippen LogP contribution is -2.47. The second-order valence-electron chi connectivity index (χ2n) is 8.23. The highest BCUT2D eigenvalue weighted by molar-refractivity contribution is 5.98. The van der Waals surface area contributed by atoms with Gasteiger partial charge in [-0.05, 0) is 39.9 Å². The zero-order chi connectivity index (χ0) is 23.8. The molecular weight excluding hydrogens is 432 g/mol. The third kappa shape index (κ3) is 3.71. The van der Waals surface area contributed by atoms with E-state index in [1.165, 1.54) is 13.2 Å². The first-order chi connectivity index (χ1) is 16.5. The lowest BCUT2D eigenvalue weighted by Gasteiger charge is -2.20. The van der Waals surface area contributed by atoms with Crippen LogP contribution in [0, 0.1) is 0 Å². The maximum absolute atomic E-state index is 13.5. The molecule has 3 aromatic carbocycles. The first-order valence-electron chi connectivity index (χ1n) is 10.8. The van der Waals surface area contributed by atoms with Gasteiger partial charge in [0.05, 0.1) is 13.0 Å². The molecule has 1 aliphatic carbocycles. The molecule has 1 atom stereocenters. The molecule has 0 saturated carbocycles. The van der Waals surface area contributed by atoms with Crippen LogP contribution in [0.25, 0.3) is 22.1 Å². The molecule has 0 bridgehead atoms. The van der Waals surface area contributed by atoms with Gasteiger partial charge >= 0.3 is 5.63 Å². The molecule has 0 saturated heterocycles. The Labute approximate surface area is 195 Å². The Hall–Kier alpha value is -4.39. The molecule has 34 heavy (non-hydrogen) atoms. The number of rotatable bonds is 6. The van der Waals surface area contributed by atoms with Crippen LogP contribution in [0.3, 0.4) is 0 Å². The van der Waals surface area contributed by atoms with Crippen LogP contribution < -0.4 is 21.4 Å². The van der Waals surface area contributed by atoms with Crippen molar-refractivity contribution in [2.75, 3.05) is 7.11 Å². The largest absolute Gasteiger partial charge is 0.497 e. The number of carbonyl (C=O) groups is 2. The Kier molecular flexibility index (Phi) is 5.37. The van der Waals surface area contributed by atoms with Gasteiger partial charge in [-0.2, -0.15) is 0 Å². The van der Waals surface area contributed by atoms with Gasteiger partial charge in [0.2, 0.25) is 11.8 Å². The maximum Gasteiger partial charge on any atom is 0.336 e. The highest BCUT2D eigenvalue weighted by atomic mass is 16.5. The van der Waals surface area contributed by atoms with Crippen molar-refractivity contribution in [2.45, 2.75) is 18.4 Å². The Morgan fingerprint density at radius 1 is 1.00 bits per heavy atom. The van der Waals surface area contributed by atoms with Gasteiger partial charge in [0.1, 0.15) is 17.4 Å². The quantitative estimate of drug-likeness (QED) is 0.435. The molecule has 0 unspecified atom stereocenters. The van der Waals surface area contributed by atoms with Crippen molar-refractivity contribution in [2.24, 2.45) is 5.73 Å². The number of carbonyl (C=O) groups excluding carboxylic acids is 2. The lowest BCUT2D eigenvalue weighted by molar-refractivity contribution is -0.127. The van der Waals surface area contributed by atoms with Crippen molar-refractivity contribution in [1.29, 1.82) is 0 Å². The van der Waals surface area contributed by atoms with Crippen molar-refractivity contribution in [1.82, 2.24) is 5.32 Å². The minimum Gasteiger partial charge on any atom is -0.497 e. The predicted molar refractivity (Wildman–Crippen MR) is 128 cm³/mol. The number of amides is 2. The number of hydrogen-bond acceptors (Lipinski definition) is 5. The molecule has 0 fully saturated rings. The van der Waals surface area contributed by atoms with Gasteiger partial charge in [-0.15, -0.1) is 0 Å². The van der Waals surface area contributed by atoms with E-state index in [4.69, 9.17) is 14.9 Å². The van der Waals surface area contributed by atoms with Crippen LogP contribution in [0.5, 0.6) is 5.75 Å². The van der Waals surface area contributed by atoms with Gasteiger partial charge in [-0.3, -0.25) is 9.59 Å². The molecule has 1 aliphatic rings. The normalized spacial score (nSPS) is 13.2. The number of nitrogens with two attached hydrogens (primary N) is 1. The molecule has 0 spiro atoms. The van der Waals surface area contributed by atoms with E-state index in [0.29, 0.717) is 22.3 Å². The Morgan fingerprint density at radius 3 is 2.26 bits per heavy atom. The zero-order valence-electron chi connectivity index (χ0n) is 18.4. The number of benzene rings is 3. The maximum atomic E-state index is 13.5. The van der Waals surface area contributed by atoms with Crippen LogP contribution in [0.1, 0.15) is 22.6 Å². The van der Waals surface area contributed by atoms with Crippen molar-refractivity contribution >= 4 is 22.8 Å². The van der Waals surface area contributed by atoms with E-state index in [1.54, 1.807) is 18.2 Å². The van der Waals surface area contributed by atoms with Crippen LogP contribution in [0.15, 0.2) is 82.0 Å². The Balaban J connectivity index is 1.48. The summed E-state index contributed by atoms with van der Waals surface area (Å²) in [6.45, 7) is 0. The van der Waals surface area contributed by atoms with Gasteiger partial charge in [0.25, 0.3) is 0 Å². The standard InChI is InChI=1S/C27H22N2O5/c1-33-16-10-11-17-15(13-24(30)34-23(17)14-16)12-22(26(28)31)29-27(32)25-20-8-4-2-6-18(20)19-7-3-5-9-21(19)25/h2-11,13-14,22,25H,12H2,1H3,(H2,28,31)(H,29,32)/t22-/m1/s1. The number of nitrogens with one attached hydrogen (secondary N) is 1. The van der Waals surface area contributed by atoms with Gasteiger partial charge in [-0.25, -0.2) is 4.79 Å². The molecule has 5 rings (SSSR count). The van der Waals surface area contributed by atoms with E-state index >= 15 is 0 Å². The Bertz CT molecular complexity index is 1440. The van der Waals surface area contributed by atoms with Crippen LogP contribution >= 0.6 is 0 Å². The summed E-state index contributed by atoms with van der Waals surface area (Å²) in [7, 11) is 1.51. The second-order valence-corrected chi connectivity index (χ2v) is 8.23. The van der Waals surface area contributed by atoms with Crippen LogP contribution in [0.2, 0.25) is 0 Å². The highest BCUT2D eigenvalue weighted by Crippen LogP contribution is 2.44. The monoisotopic (exact) mass is 454 g/mol. The average molecular weight is 454 g/mol. The molecule has 7 nitrogen and oxygen atoms in total. The summed E-state index contributed by atoms with van der Waals surface area (Å²) in [5, 5.41) is 3.46. The fourth-order valence-corrected chi connectivity index (χ4v) is 4.64. The summed E-state index contributed by atoms with van der Waals surface area (Å²) in [6.07, 6.45) is 0.0471. The number of methoxy groups -OCH3 is 1. The number of fused-ring (bicyclic) bond motifs is 4. The highest BCUT2D eigenvalue weighted by Gasteiger charge is 2.35. The fraction of sp³-hybridized carbons (Fsp3) is 0.148. The van der Waals surface area contributed by atoms with Crippen molar-refractivity contribution in [3.8, 4) is 16.9 Å². The van der Waals surface area contributed by atoms with Crippen molar-refractivity contribution in [3.63, 3.8) is 0 Å². The average Bonchev–Trinajstić information content (AvgIpc) is 3.17. The molecule has 7 heteroatoms. The minimum absolute atomic E-state index is 0.0471. The first kappa shape index (κ1) is 21.5. The predicted octanol–water partition coefficient (Wildman–Crippen LogP) is 3.13. The number of ether oxygens (including phenoxy) is 1. The molecule has 1 aromatic heterocycles.